The Morgan fingerprint density at radius 1 is 1.00 bits per heavy atom. The number of benzene rings is 2. The van der Waals surface area contributed by atoms with Gasteiger partial charge in [-0.2, -0.15) is 15.8 Å². The lowest BCUT2D eigenvalue weighted by Crippen LogP contribution is -2.59. The van der Waals surface area contributed by atoms with Crippen molar-refractivity contribution >= 4 is 29.1 Å². The summed E-state index contributed by atoms with van der Waals surface area (Å²) in [7, 11) is 0. The van der Waals surface area contributed by atoms with Crippen molar-refractivity contribution in [2.45, 2.75) is 25.2 Å². The molecule has 2 aliphatic rings. The van der Waals surface area contributed by atoms with Crippen LogP contribution in [0, 0.1) is 56.2 Å². The molecule has 2 saturated heterocycles. The molecule has 0 radical (unpaired) electrons. The van der Waals surface area contributed by atoms with Gasteiger partial charge in [0, 0.05) is 6.92 Å². The highest BCUT2D eigenvalue weighted by molar-refractivity contribution is 6.42. The predicted molar refractivity (Wildman–Crippen MR) is 113 cm³/mol. The van der Waals surface area contributed by atoms with Crippen LogP contribution in [-0.2, 0) is 15.9 Å². The van der Waals surface area contributed by atoms with Gasteiger partial charge in [-0.25, -0.2) is 0 Å². The molecule has 2 aromatic carbocycles. The van der Waals surface area contributed by atoms with E-state index in [1.165, 1.54) is 12.1 Å². The number of nitriles is 3. The van der Waals surface area contributed by atoms with Crippen LogP contribution in [0.5, 0.6) is 0 Å². The third kappa shape index (κ3) is 2.75. The second kappa shape index (κ2) is 7.26. The summed E-state index contributed by atoms with van der Waals surface area (Å²) in [5.41, 5.74) is -2.63. The van der Waals surface area contributed by atoms with Crippen molar-refractivity contribution in [2.75, 3.05) is 0 Å². The maximum Gasteiger partial charge on any atom is 0.215 e. The van der Waals surface area contributed by atoms with E-state index in [1.54, 1.807) is 13.0 Å². The summed E-state index contributed by atoms with van der Waals surface area (Å²) in [5, 5.41) is 40.0. The molecule has 154 valence electrons. The molecule has 1 N–H and O–H groups in total. The molecule has 0 saturated carbocycles. The van der Waals surface area contributed by atoms with Gasteiger partial charge in [-0.05, 0) is 29.7 Å². The Balaban J connectivity index is 1.95. The van der Waals surface area contributed by atoms with E-state index >= 15 is 0 Å². The second-order valence-corrected chi connectivity index (χ2v) is 8.63. The number of rotatable bonds is 3. The van der Waals surface area contributed by atoms with Crippen molar-refractivity contribution in [2.24, 2.45) is 16.7 Å². The van der Waals surface area contributed by atoms with Gasteiger partial charge in [-0.3, -0.25) is 5.41 Å². The fraction of sp³-hybridized carbons (Fsp3) is 0.304. The van der Waals surface area contributed by atoms with Crippen LogP contribution in [0.1, 0.15) is 24.2 Å². The van der Waals surface area contributed by atoms with Gasteiger partial charge in [0.05, 0.1) is 34.2 Å². The van der Waals surface area contributed by atoms with Crippen molar-refractivity contribution in [3.05, 3.63) is 69.7 Å². The smallest absolute Gasteiger partial charge is 0.215 e. The van der Waals surface area contributed by atoms with Gasteiger partial charge in [0.1, 0.15) is 6.10 Å². The van der Waals surface area contributed by atoms with E-state index in [1.807, 2.05) is 42.5 Å². The summed E-state index contributed by atoms with van der Waals surface area (Å²) < 4.78 is 12.1. The zero-order valence-corrected chi connectivity index (χ0v) is 17.9. The fourth-order valence-electron chi connectivity index (χ4n) is 4.71. The maximum absolute atomic E-state index is 10.4. The first-order valence-electron chi connectivity index (χ1n) is 9.46. The molecular formula is C23H16Cl2N4O2. The van der Waals surface area contributed by atoms with Crippen LogP contribution in [0.3, 0.4) is 0 Å². The highest BCUT2D eigenvalue weighted by Crippen LogP contribution is 2.67. The Hall–Kier alpha value is -3.08. The van der Waals surface area contributed by atoms with Crippen LogP contribution in [0.15, 0.2) is 48.5 Å². The van der Waals surface area contributed by atoms with Crippen LogP contribution in [0.4, 0.5) is 0 Å². The Bertz CT molecular complexity index is 1180. The Morgan fingerprint density at radius 3 is 2.26 bits per heavy atom. The maximum atomic E-state index is 10.4. The molecule has 0 aliphatic carbocycles. The van der Waals surface area contributed by atoms with Gasteiger partial charge in [0.25, 0.3) is 0 Å². The largest absolute Gasteiger partial charge is 0.448 e. The van der Waals surface area contributed by atoms with Gasteiger partial charge in [0.2, 0.25) is 17.1 Å². The lowest BCUT2D eigenvalue weighted by Gasteiger charge is -2.48. The highest BCUT2D eigenvalue weighted by Gasteiger charge is 2.79. The van der Waals surface area contributed by atoms with Crippen LogP contribution in [0.25, 0.3) is 0 Å². The summed E-state index contributed by atoms with van der Waals surface area (Å²) in [5.74, 6) is -2.61. The fourth-order valence-corrected chi connectivity index (χ4v) is 5.02. The summed E-state index contributed by atoms with van der Waals surface area (Å²) in [6.45, 7) is 1.64. The molecule has 2 bridgehead atoms. The first-order valence-corrected chi connectivity index (χ1v) is 10.2. The van der Waals surface area contributed by atoms with E-state index in [0.29, 0.717) is 10.6 Å². The van der Waals surface area contributed by atoms with E-state index in [9.17, 15) is 15.8 Å². The molecule has 2 fully saturated rings. The Labute approximate surface area is 189 Å². The molecule has 4 rings (SSSR count). The summed E-state index contributed by atoms with van der Waals surface area (Å²) >= 11 is 12.2. The lowest BCUT2D eigenvalue weighted by atomic mass is 9.52. The SMILES string of the molecule is CC12OC(=N)C(C#N)(C1Cc1ccccc1)C(C#N)(C#N)C(c1ccc(Cl)c(Cl)c1)O2. The topological polar surface area (TPSA) is 114 Å². The van der Waals surface area contributed by atoms with E-state index in [0.717, 1.165) is 5.56 Å². The standard InChI is InChI=1S/C23H16Cl2N4O2/c1-21-18(9-14-5-3-2-4-6-14)23(13-28,20(29)31-21)22(11-26,12-27)19(30-21)15-7-8-16(24)17(25)10-15/h2-8,10,18-19,29H,9H2,1H3. The van der Waals surface area contributed by atoms with E-state index in [2.05, 4.69) is 6.07 Å². The lowest BCUT2D eigenvalue weighted by molar-refractivity contribution is -0.272. The van der Waals surface area contributed by atoms with E-state index in [-0.39, 0.29) is 11.4 Å². The zero-order chi connectivity index (χ0) is 22.4. The third-order valence-corrected chi connectivity index (χ3v) is 6.98. The van der Waals surface area contributed by atoms with Crippen molar-refractivity contribution < 1.29 is 9.47 Å². The van der Waals surface area contributed by atoms with Gasteiger partial charge in [0.15, 0.2) is 5.41 Å². The number of ether oxygens (including phenoxy) is 2. The average Bonchev–Trinajstić information content (AvgIpc) is 2.93. The van der Waals surface area contributed by atoms with Crippen molar-refractivity contribution in [1.82, 2.24) is 0 Å². The number of nitrogens with zero attached hydrogens (tertiary/aromatic N) is 3. The van der Waals surface area contributed by atoms with Crippen LogP contribution >= 0.6 is 23.2 Å². The van der Waals surface area contributed by atoms with Crippen LogP contribution < -0.4 is 0 Å². The average molecular weight is 451 g/mol. The van der Waals surface area contributed by atoms with Crippen LogP contribution in [-0.4, -0.2) is 11.7 Å². The number of fused-ring (bicyclic) bond motifs is 2. The monoisotopic (exact) mass is 450 g/mol. The Morgan fingerprint density at radius 2 is 1.68 bits per heavy atom. The normalized spacial score (nSPS) is 30.5. The van der Waals surface area contributed by atoms with Gasteiger partial charge >= 0.3 is 0 Å². The summed E-state index contributed by atoms with van der Waals surface area (Å²) in [4.78, 5) is 0. The molecule has 31 heavy (non-hydrogen) atoms. The van der Waals surface area contributed by atoms with Crippen LogP contribution in [0.2, 0.25) is 10.0 Å². The van der Waals surface area contributed by atoms with E-state index < -0.39 is 34.5 Å². The quantitative estimate of drug-likeness (QED) is 0.690. The number of nitrogens with one attached hydrogen (secondary N) is 1. The molecule has 0 spiro atoms. The highest BCUT2D eigenvalue weighted by atomic mass is 35.5. The number of hydrogen-bond acceptors (Lipinski definition) is 6. The predicted octanol–water partition coefficient (Wildman–Crippen LogP) is 5.19. The molecule has 2 aliphatic heterocycles. The molecular weight excluding hydrogens is 435 g/mol. The first-order chi connectivity index (χ1) is 14.8. The summed E-state index contributed by atoms with van der Waals surface area (Å²) in [6, 6.07) is 20.2. The molecule has 4 atom stereocenters. The van der Waals surface area contributed by atoms with Gasteiger partial charge in [-0.15, -0.1) is 0 Å². The van der Waals surface area contributed by atoms with Crippen molar-refractivity contribution in [3.8, 4) is 18.2 Å². The second-order valence-electron chi connectivity index (χ2n) is 7.81. The van der Waals surface area contributed by atoms with E-state index in [4.69, 9.17) is 38.1 Å². The minimum Gasteiger partial charge on any atom is -0.448 e. The van der Waals surface area contributed by atoms with Gasteiger partial charge in [-0.1, -0.05) is 59.6 Å². The molecule has 2 aromatic rings. The Kier molecular flexibility index (Phi) is 4.95. The van der Waals surface area contributed by atoms with Crippen molar-refractivity contribution in [1.29, 1.82) is 21.2 Å². The zero-order valence-electron chi connectivity index (χ0n) is 16.4. The minimum absolute atomic E-state index is 0.221. The molecule has 4 unspecified atom stereocenters. The molecule has 6 nitrogen and oxygen atoms in total. The minimum atomic E-state index is -2.05. The summed E-state index contributed by atoms with van der Waals surface area (Å²) in [6.07, 6.45) is -0.899. The molecule has 0 aromatic heterocycles. The molecule has 2 heterocycles. The van der Waals surface area contributed by atoms with Crippen molar-refractivity contribution in [3.63, 3.8) is 0 Å². The number of hydrogen-bond donors (Lipinski definition) is 1. The molecule has 0 amide bonds. The number of halogens is 2. The molecule has 8 heteroatoms. The first kappa shape index (κ1) is 21.2. The third-order valence-electron chi connectivity index (χ3n) is 6.24. The van der Waals surface area contributed by atoms with Gasteiger partial charge < -0.3 is 9.47 Å².